The maximum atomic E-state index is 10.2. The third-order valence-corrected chi connectivity index (χ3v) is 5.41. The molecule has 0 spiro atoms. The van der Waals surface area contributed by atoms with E-state index in [1.165, 1.54) is 0 Å². The Morgan fingerprint density at radius 3 is 2.13 bits per heavy atom. The van der Waals surface area contributed by atoms with E-state index in [-0.39, 0.29) is 11.7 Å². The molecule has 3 heteroatoms. The van der Waals surface area contributed by atoms with Gasteiger partial charge in [0.25, 0.3) is 0 Å². The van der Waals surface area contributed by atoms with Crippen LogP contribution >= 0.6 is 0 Å². The summed E-state index contributed by atoms with van der Waals surface area (Å²) < 4.78 is 6.43. The van der Waals surface area contributed by atoms with Crippen LogP contribution in [0.4, 0.5) is 5.69 Å². The Bertz CT molecular complexity index is 1260. The van der Waals surface area contributed by atoms with Gasteiger partial charge < -0.3 is 9.84 Å². The first-order chi connectivity index (χ1) is 15.3. The second-order valence-electron chi connectivity index (χ2n) is 7.38. The van der Waals surface area contributed by atoms with Crippen LogP contribution in [-0.4, -0.2) is 11.3 Å². The number of nitrogens with zero attached hydrogens (tertiary/aromatic N) is 1. The van der Waals surface area contributed by atoms with Crippen LogP contribution in [0.3, 0.4) is 0 Å². The lowest BCUT2D eigenvalue weighted by Crippen LogP contribution is -2.17. The first-order valence-electron chi connectivity index (χ1n) is 10.2. The first-order valence-corrected chi connectivity index (χ1v) is 10.2. The Balaban J connectivity index is 1.74. The number of phenolic OH excluding ortho intramolecular Hbond substituents is 1. The van der Waals surface area contributed by atoms with Crippen LogP contribution in [0.1, 0.15) is 22.6 Å². The summed E-state index contributed by atoms with van der Waals surface area (Å²) in [6, 6.07) is 35.7. The molecule has 1 heterocycles. The Hall–Kier alpha value is -4.11. The zero-order valence-corrected chi connectivity index (χ0v) is 16.8. The number of para-hydroxylation sites is 3. The van der Waals surface area contributed by atoms with E-state index < -0.39 is 0 Å². The van der Waals surface area contributed by atoms with Gasteiger partial charge in [-0.15, -0.1) is 0 Å². The minimum Gasteiger partial charge on any atom is -0.506 e. The van der Waals surface area contributed by atoms with Gasteiger partial charge in [-0.25, -0.2) is 0 Å². The van der Waals surface area contributed by atoms with Gasteiger partial charge in [-0.3, -0.25) is 4.99 Å². The smallest absolute Gasteiger partial charge is 0.141 e. The van der Waals surface area contributed by atoms with Crippen molar-refractivity contribution in [2.45, 2.75) is 5.92 Å². The SMILES string of the molecule is Oc1ccccc1N=CC1=C(c2ccccc2)Oc2ccccc2C1c1ccccc1. The summed E-state index contributed by atoms with van der Waals surface area (Å²) in [4.78, 5) is 4.64. The number of hydrogen-bond acceptors (Lipinski definition) is 3. The largest absolute Gasteiger partial charge is 0.506 e. The van der Waals surface area contributed by atoms with Crippen LogP contribution in [-0.2, 0) is 0 Å². The molecule has 0 fully saturated rings. The monoisotopic (exact) mass is 403 g/mol. The Morgan fingerprint density at radius 2 is 1.35 bits per heavy atom. The molecule has 1 unspecified atom stereocenters. The molecule has 1 atom stereocenters. The molecule has 0 bridgehead atoms. The minimum absolute atomic E-state index is 0.0454. The molecule has 0 radical (unpaired) electrons. The van der Waals surface area contributed by atoms with Crippen LogP contribution < -0.4 is 4.74 Å². The highest BCUT2D eigenvalue weighted by molar-refractivity contribution is 5.95. The predicted molar refractivity (Wildman–Crippen MR) is 125 cm³/mol. The fraction of sp³-hybridized carbons (Fsp3) is 0.0357. The summed E-state index contributed by atoms with van der Waals surface area (Å²) in [5.41, 5.74) is 4.70. The van der Waals surface area contributed by atoms with Crippen LogP contribution in [0.2, 0.25) is 0 Å². The Labute approximate surface area is 181 Å². The molecule has 0 aromatic heterocycles. The molecule has 4 aromatic rings. The third-order valence-electron chi connectivity index (χ3n) is 5.41. The molecule has 31 heavy (non-hydrogen) atoms. The van der Waals surface area contributed by atoms with Crippen molar-refractivity contribution in [2.24, 2.45) is 4.99 Å². The highest BCUT2D eigenvalue weighted by Gasteiger charge is 2.30. The van der Waals surface area contributed by atoms with E-state index in [4.69, 9.17) is 4.74 Å². The Kier molecular flexibility index (Phi) is 5.07. The minimum atomic E-state index is -0.0454. The van der Waals surface area contributed by atoms with Crippen molar-refractivity contribution in [1.82, 2.24) is 0 Å². The van der Waals surface area contributed by atoms with Gasteiger partial charge >= 0.3 is 0 Å². The summed E-state index contributed by atoms with van der Waals surface area (Å²) >= 11 is 0. The van der Waals surface area contributed by atoms with Crippen molar-refractivity contribution < 1.29 is 9.84 Å². The second kappa shape index (κ2) is 8.33. The number of aromatic hydroxyl groups is 1. The van der Waals surface area contributed by atoms with Gasteiger partial charge in [0.15, 0.2) is 0 Å². The molecular formula is C28H21NO2. The quantitative estimate of drug-likeness (QED) is 0.384. The topological polar surface area (TPSA) is 41.8 Å². The van der Waals surface area contributed by atoms with E-state index in [1.807, 2.05) is 79.0 Å². The van der Waals surface area contributed by atoms with Crippen molar-refractivity contribution >= 4 is 17.7 Å². The molecule has 1 N–H and O–H groups in total. The lowest BCUT2D eigenvalue weighted by Gasteiger charge is -2.30. The standard InChI is InChI=1S/C28H21NO2/c30-25-17-9-8-16-24(25)29-19-23-27(20-11-3-1-4-12-20)22-15-7-10-18-26(22)31-28(23)21-13-5-2-6-14-21/h1-19,27,30H. The van der Waals surface area contributed by atoms with Crippen molar-refractivity contribution in [2.75, 3.05) is 0 Å². The van der Waals surface area contributed by atoms with Gasteiger partial charge in [0.05, 0.1) is 0 Å². The maximum Gasteiger partial charge on any atom is 0.141 e. The Morgan fingerprint density at radius 1 is 0.710 bits per heavy atom. The van der Waals surface area contributed by atoms with Crippen molar-refractivity contribution in [3.8, 4) is 11.5 Å². The third kappa shape index (κ3) is 3.74. The van der Waals surface area contributed by atoms with Gasteiger partial charge in [-0.05, 0) is 23.8 Å². The first kappa shape index (κ1) is 18.9. The molecular weight excluding hydrogens is 382 g/mol. The van der Waals surface area contributed by atoms with Gasteiger partial charge in [0.2, 0.25) is 0 Å². The molecule has 3 nitrogen and oxygen atoms in total. The molecule has 1 aliphatic heterocycles. The highest BCUT2D eigenvalue weighted by Crippen LogP contribution is 2.45. The average Bonchev–Trinajstić information content (AvgIpc) is 2.84. The van der Waals surface area contributed by atoms with Crippen LogP contribution in [0.5, 0.6) is 11.5 Å². The van der Waals surface area contributed by atoms with E-state index in [1.54, 1.807) is 18.2 Å². The molecule has 0 saturated heterocycles. The van der Waals surface area contributed by atoms with Gasteiger partial charge in [-0.2, -0.15) is 0 Å². The predicted octanol–water partition coefficient (Wildman–Crippen LogP) is 6.73. The highest BCUT2D eigenvalue weighted by atomic mass is 16.5. The number of ether oxygens (including phenoxy) is 1. The number of fused-ring (bicyclic) bond motifs is 1. The van der Waals surface area contributed by atoms with E-state index >= 15 is 0 Å². The zero-order valence-electron chi connectivity index (χ0n) is 16.8. The molecule has 0 aliphatic carbocycles. The van der Waals surface area contributed by atoms with Crippen LogP contribution in [0.25, 0.3) is 5.76 Å². The molecule has 1 aliphatic rings. The van der Waals surface area contributed by atoms with Gasteiger partial charge in [-0.1, -0.05) is 91.0 Å². The lowest BCUT2D eigenvalue weighted by atomic mass is 9.81. The van der Waals surface area contributed by atoms with Crippen LogP contribution in [0, 0.1) is 0 Å². The van der Waals surface area contributed by atoms with Crippen molar-refractivity contribution in [3.05, 3.63) is 131 Å². The van der Waals surface area contributed by atoms with E-state index in [9.17, 15) is 5.11 Å². The maximum absolute atomic E-state index is 10.2. The number of allylic oxidation sites excluding steroid dienone is 1. The molecule has 5 rings (SSSR count). The summed E-state index contributed by atoms with van der Waals surface area (Å²) in [7, 11) is 0. The summed E-state index contributed by atoms with van der Waals surface area (Å²) in [5.74, 6) is 1.71. The zero-order chi connectivity index (χ0) is 21.0. The summed E-state index contributed by atoms with van der Waals surface area (Å²) in [6.07, 6.45) is 1.82. The second-order valence-corrected chi connectivity index (χ2v) is 7.38. The average molecular weight is 403 g/mol. The van der Waals surface area contributed by atoms with E-state index in [2.05, 4.69) is 23.2 Å². The lowest BCUT2D eigenvalue weighted by molar-refractivity contribution is 0.477. The molecule has 0 saturated carbocycles. The number of phenols is 1. The van der Waals surface area contributed by atoms with Gasteiger partial charge in [0, 0.05) is 28.8 Å². The van der Waals surface area contributed by atoms with Crippen molar-refractivity contribution in [1.29, 1.82) is 0 Å². The number of rotatable bonds is 4. The molecule has 4 aromatic carbocycles. The fourth-order valence-corrected chi connectivity index (χ4v) is 3.94. The van der Waals surface area contributed by atoms with Crippen molar-refractivity contribution in [3.63, 3.8) is 0 Å². The van der Waals surface area contributed by atoms with E-state index in [0.29, 0.717) is 5.69 Å². The van der Waals surface area contributed by atoms with E-state index in [0.717, 1.165) is 33.8 Å². The van der Waals surface area contributed by atoms with Gasteiger partial charge in [0.1, 0.15) is 22.9 Å². The number of benzene rings is 4. The normalized spacial score (nSPS) is 15.5. The number of aliphatic imine (C=N–C) groups is 1. The summed E-state index contributed by atoms with van der Waals surface area (Å²) in [5, 5.41) is 10.2. The fourth-order valence-electron chi connectivity index (χ4n) is 3.94. The number of hydrogen-bond donors (Lipinski definition) is 1. The summed E-state index contributed by atoms with van der Waals surface area (Å²) in [6.45, 7) is 0. The molecule has 0 amide bonds. The molecule has 150 valence electrons. The van der Waals surface area contributed by atoms with Crippen LogP contribution in [0.15, 0.2) is 120 Å².